The molecule has 2 aromatic rings. The molecule has 0 atom stereocenters. The lowest BCUT2D eigenvalue weighted by Crippen LogP contribution is -2.23. The van der Waals surface area contributed by atoms with Gasteiger partial charge in [-0.25, -0.2) is 0 Å². The fourth-order valence-corrected chi connectivity index (χ4v) is 2.15. The Labute approximate surface area is 158 Å². The van der Waals surface area contributed by atoms with E-state index < -0.39 is 0 Å². The number of ether oxygens (including phenoxy) is 3. The molecule has 7 heteroatoms. The first kappa shape index (κ1) is 19.7. The number of rotatable bonds is 10. The number of thiocarbonyl (C=S) groups is 1. The number of aryl methyl sites for hydroxylation is 1. The monoisotopic (exact) mass is 373 g/mol. The van der Waals surface area contributed by atoms with Gasteiger partial charge in [0.15, 0.2) is 5.11 Å². The lowest BCUT2D eigenvalue weighted by Gasteiger charge is -2.09. The molecule has 0 amide bonds. The summed E-state index contributed by atoms with van der Waals surface area (Å²) in [6.45, 7) is 3.99. The fraction of sp³-hybridized carbons (Fsp3) is 0.263. The van der Waals surface area contributed by atoms with Gasteiger partial charge in [-0.2, -0.15) is 5.10 Å². The van der Waals surface area contributed by atoms with Crippen molar-refractivity contribution in [3.05, 3.63) is 59.7 Å². The molecule has 0 unspecified atom stereocenters. The van der Waals surface area contributed by atoms with Gasteiger partial charge >= 0.3 is 0 Å². The predicted molar refractivity (Wildman–Crippen MR) is 107 cm³/mol. The summed E-state index contributed by atoms with van der Waals surface area (Å²) in [4.78, 5) is 0. The van der Waals surface area contributed by atoms with Crippen LogP contribution in [-0.4, -0.2) is 37.8 Å². The van der Waals surface area contributed by atoms with E-state index in [4.69, 9.17) is 19.9 Å². The molecule has 3 N–H and O–H groups in total. The van der Waals surface area contributed by atoms with E-state index in [0.717, 1.165) is 17.1 Å². The zero-order valence-corrected chi connectivity index (χ0v) is 15.5. The van der Waals surface area contributed by atoms with E-state index in [9.17, 15) is 0 Å². The summed E-state index contributed by atoms with van der Waals surface area (Å²) >= 11 is 4.68. The van der Waals surface area contributed by atoms with Crippen molar-refractivity contribution in [1.29, 1.82) is 0 Å². The van der Waals surface area contributed by atoms with Crippen LogP contribution in [0.25, 0.3) is 0 Å². The second-order valence-electron chi connectivity index (χ2n) is 5.43. The van der Waals surface area contributed by atoms with E-state index in [2.05, 4.69) is 22.7 Å². The largest absolute Gasteiger partial charge is 0.491 e. The molecule has 6 nitrogen and oxygen atoms in total. The van der Waals surface area contributed by atoms with Gasteiger partial charge in [-0.3, -0.25) is 5.43 Å². The van der Waals surface area contributed by atoms with E-state index >= 15 is 0 Å². The molecule has 0 aliphatic heterocycles. The van der Waals surface area contributed by atoms with Crippen molar-refractivity contribution in [3.63, 3.8) is 0 Å². The van der Waals surface area contributed by atoms with Crippen LogP contribution in [0.5, 0.6) is 11.5 Å². The number of nitrogens with one attached hydrogen (secondary N) is 1. The van der Waals surface area contributed by atoms with Crippen molar-refractivity contribution in [1.82, 2.24) is 5.43 Å². The molecule has 0 radical (unpaired) electrons. The number of benzene rings is 2. The summed E-state index contributed by atoms with van der Waals surface area (Å²) < 4.78 is 16.8. The van der Waals surface area contributed by atoms with Crippen LogP contribution < -0.4 is 20.6 Å². The van der Waals surface area contributed by atoms with Gasteiger partial charge in [-0.15, -0.1) is 0 Å². The molecular formula is C19H23N3O3S. The van der Waals surface area contributed by atoms with Crippen molar-refractivity contribution in [2.75, 3.05) is 26.4 Å². The Hall–Kier alpha value is -2.64. The molecular weight excluding hydrogens is 350 g/mol. The lowest BCUT2D eigenvalue weighted by molar-refractivity contribution is 0.0764. The molecule has 0 saturated carbocycles. The van der Waals surface area contributed by atoms with Crippen molar-refractivity contribution in [3.8, 4) is 11.5 Å². The summed E-state index contributed by atoms with van der Waals surface area (Å²) in [5.74, 6) is 1.59. The van der Waals surface area contributed by atoms with Crippen LogP contribution in [0, 0.1) is 6.92 Å². The summed E-state index contributed by atoms with van der Waals surface area (Å²) in [6, 6.07) is 15.5. The van der Waals surface area contributed by atoms with E-state index in [0.29, 0.717) is 26.4 Å². The Morgan fingerprint density at radius 1 is 1.04 bits per heavy atom. The average Bonchev–Trinajstić information content (AvgIpc) is 2.61. The van der Waals surface area contributed by atoms with Crippen LogP contribution in [0.15, 0.2) is 53.6 Å². The molecule has 0 aromatic heterocycles. The molecule has 0 bridgehead atoms. The van der Waals surface area contributed by atoms with Crippen molar-refractivity contribution in [2.24, 2.45) is 10.8 Å². The Bertz CT molecular complexity index is 737. The molecule has 0 aliphatic carbocycles. The van der Waals surface area contributed by atoms with Crippen LogP contribution >= 0.6 is 12.2 Å². The fourth-order valence-electron chi connectivity index (χ4n) is 2.10. The quantitative estimate of drug-likeness (QED) is 0.289. The Kier molecular flexibility index (Phi) is 8.38. The third-order valence-electron chi connectivity index (χ3n) is 3.23. The van der Waals surface area contributed by atoms with E-state index in [-0.39, 0.29) is 5.11 Å². The first-order valence-electron chi connectivity index (χ1n) is 8.22. The minimum atomic E-state index is 0.122. The van der Waals surface area contributed by atoms with Crippen LogP contribution in [0.2, 0.25) is 0 Å². The molecule has 0 spiro atoms. The summed E-state index contributed by atoms with van der Waals surface area (Å²) in [5, 5.41) is 4.03. The third kappa shape index (κ3) is 7.96. The summed E-state index contributed by atoms with van der Waals surface area (Å²) in [6.07, 6.45) is 1.62. The first-order chi connectivity index (χ1) is 12.6. The van der Waals surface area contributed by atoms with Crippen LogP contribution in [-0.2, 0) is 4.74 Å². The minimum Gasteiger partial charge on any atom is -0.491 e. The van der Waals surface area contributed by atoms with E-state index in [1.54, 1.807) is 6.21 Å². The predicted octanol–water partition coefficient (Wildman–Crippen LogP) is 2.64. The highest BCUT2D eigenvalue weighted by Gasteiger charge is 1.97. The smallest absolute Gasteiger partial charge is 0.184 e. The number of nitrogens with two attached hydrogens (primary N) is 1. The third-order valence-corrected chi connectivity index (χ3v) is 3.32. The standard InChI is InChI=1S/C19H23N3O3S/c1-15-4-2-6-17(12-15)24-10-8-23-9-11-25-18-7-3-5-16(13-18)14-21-22-19(20)26/h2-7,12-14H,8-11H2,1H3,(H3,20,22,26). The number of hydrazone groups is 1. The molecule has 138 valence electrons. The molecule has 26 heavy (non-hydrogen) atoms. The summed E-state index contributed by atoms with van der Waals surface area (Å²) in [7, 11) is 0. The molecule has 0 aliphatic rings. The molecule has 0 heterocycles. The minimum absolute atomic E-state index is 0.122. The molecule has 2 aromatic carbocycles. The summed E-state index contributed by atoms with van der Waals surface area (Å²) in [5.41, 5.74) is 9.85. The highest BCUT2D eigenvalue weighted by Crippen LogP contribution is 2.13. The zero-order valence-electron chi connectivity index (χ0n) is 14.7. The zero-order chi connectivity index (χ0) is 18.6. The Morgan fingerprint density at radius 3 is 2.35 bits per heavy atom. The number of nitrogens with zero attached hydrogens (tertiary/aromatic N) is 1. The average molecular weight is 373 g/mol. The topological polar surface area (TPSA) is 78.1 Å². The van der Waals surface area contributed by atoms with Crippen LogP contribution in [0.1, 0.15) is 11.1 Å². The highest BCUT2D eigenvalue weighted by molar-refractivity contribution is 7.80. The first-order valence-corrected chi connectivity index (χ1v) is 8.63. The van der Waals surface area contributed by atoms with Gasteiger partial charge in [0, 0.05) is 0 Å². The highest BCUT2D eigenvalue weighted by atomic mass is 32.1. The van der Waals surface area contributed by atoms with Gasteiger partial charge in [0.25, 0.3) is 0 Å². The molecule has 0 fully saturated rings. The Balaban J connectivity index is 1.61. The van der Waals surface area contributed by atoms with Gasteiger partial charge in [-0.1, -0.05) is 24.3 Å². The van der Waals surface area contributed by atoms with Gasteiger partial charge in [0.05, 0.1) is 19.4 Å². The van der Waals surface area contributed by atoms with Crippen molar-refractivity contribution >= 4 is 23.5 Å². The molecule has 0 saturated heterocycles. The number of hydrogen-bond donors (Lipinski definition) is 2. The molecule has 2 rings (SSSR count). The van der Waals surface area contributed by atoms with E-state index in [1.807, 2.05) is 55.5 Å². The second kappa shape index (κ2) is 11.1. The maximum absolute atomic E-state index is 5.66. The Morgan fingerprint density at radius 2 is 1.69 bits per heavy atom. The normalized spacial score (nSPS) is 10.7. The van der Waals surface area contributed by atoms with Gasteiger partial charge in [0.1, 0.15) is 24.7 Å². The van der Waals surface area contributed by atoms with E-state index in [1.165, 1.54) is 5.56 Å². The second-order valence-corrected chi connectivity index (χ2v) is 5.87. The SMILES string of the molecule is Cc1cccc(OCCOCCOc2cccc(C=NNC(N)=S)c2)c1. The van der Waals surface area contributed by atoms with Gasteiger partial charge in [-0.05, 0) is 54.5 Å². The van der Waals surface area contributed by atoms with Gasteiger partial charge in [0.2, 0.25) is 0 Å². The van der Waals surface area contributed by atoms with Crippen molar-refractivity contribution in [2.45, 2.75) is 6.92 Å². The van der Waals surface area contributed by atoms with Crippen LogP contribution in [0.3, 0.4) is 0 Å². The van der Waals surface area contributed by atoms with Crippen molar-refractivity contribution < 1.29 is 14.2 Å². The maximum Gasteiger partial charge on any atom is 0.184 e. The van der Waals surface area contributed by atoms with Gasteiger partial charge < -0.3 is 19.9 Å². The lowest BCUT2D eigenvalue weighted by atomic mass is 10.2. The number of hydrogen-bond acceptors (Lipinski definition) is 5. The maximum atomic E-state index is 5.66. The van der Waals surface area contributed by atoms with Crippen LogP contribution in [0.4, 0.5) is 0 Å².